The van der Waals surface area contributed by atoms with E-state index in [1.165, 1.54) is 39.8 Å². The first-order valence-electron chi connectivity index (χ1n) is 11.9. The molecule has 2 N–H and O–H groups in total. The molecule has 2 fully saturated rings. The molecule has 0 amide bonds. The first-order valence-corrected chi connectivity index (χ1v) is 11.9. The number of benzene rings is 1. The van der Waals surface area contributed by atoms with Crippen molar-refractivity contribution in [2.24, 2.45) is 11.7 Å². The summed E-state index contributed by atoms with van der Waals surface area (Å²) in [6, 6.07) is 6.88. The summed E-state index contributed by atoms with van der Waals surface area (Å²) < 4.78 is 63.9. The fourth-order valence-corrected chi connectivity index (χ4v) is 4.79. The van der Waals surface area contributed by atoms with Crippen LogP contribution in [0.2, 0.25) is 0 Å². The zero-order chi connectivity index (χ0) is 25.0. The molecule has 2 atom stereocenters. The van der Waals surface area contributed by atoms with Gasteiger partial charge >= 0.3 is 6.18 Å². The minimum absolute atomic E-state index is 0. The largest absolute Gasteiger partial charge is 0.491 e. The fourth-order valence-electron chi connectivity index (χ4n) is 4.79. The molecule has 1 saturated heterocycles. The predicted octanol–water partition coefficient (Wildman–Crippen LogP) is 4.93. The van der Waals surface area contributed by atoms with E-state index in [4.69, 9.17) is 10.5 Å². The second kappa shape index (κ2) is 9.70. The van der Waals surface area contributed by atoms with E-state index in [9.17, 15) is 17.6 Å². The third kappa shape index (κ3) is 5.07. The normalized spacial score (nSPS) is 19.3. The first kappa shape index (κ1) is 25.6. The summed E-state index contributed by atoms with van der Waals surface area (Å²) in [7, 11) is 0. The number of fused-ring (bicyclic) bond motifs is 2. The number of hydrogen-bond donors (Lipinski definition) is 1. The summed E-state index contributed by atoms with van der Waals surface area (Å²) in [6.07, 6.45) is -0.386. The Hall–Kier alpha value is -3.02. The van der Waals surface area contributed by atoms with Gasteiger partial charge in [0.2, 0.25) is 0 Å². The molecule has 12 heteroatoms. The quantitative estimate of drug-likeness (QED) is 0.352. The first-order chi connectivity index (χ1) is 17.3. The van der Waals surface area contributed by atoms with Gasteiger partial charge in [-0.1, -0.05) is 12.1 Å². The van der Waals surface area contributed by atoms with Crippen molar-refractivity contribution in [2.75, 3.05) is 19.7 Å². The van der Waals surface area contributed by atoms with E-state index < -0.39 is 18.0 Å². The SMILES string of the molecule is Cl.N[C@H]1CCN([C@H](c2ccc3nnc(-c4ccc5cc(F)cc(OCC6CC6)c5n4)n3c2)C(F)(F)F)C1. The fraction of sp³-hybridized carbons (Fsp3) is 0.400. The van der Waals surface area contributed by atoms with Gasteiger partial charge in [0.25, 0.3) is 0 Å². The molecule has 4 aromatic rings. The van der Waals surface area contributed by atoms with Crippen LogP contribution in [0.15, 0.2) is 42.6 Å². The second-order valence-corrected chi connectivity index (χ2v) is 9.63. The molecule has 4 heterocycles. The molecule has 1 saturated carbocycles. The maximum atomic E-state index is 14.2. The van der Waals surface area contributed by atoms with Crippen molar-refractivity contribution in [1.82, 2.24) is 24.5 Å². The Balaban J connectivity index is 0.00000280. The number of likely N-dealkylation sites (tertiary alicyclic amines) is 1. The molecule has 6 rings (SSSR count). The third-order valence-electron chi connectivity index (χ3n) is 6.80. The lowest BCUT2D eigenvalue weighted by Gasteiger charge is -2.30. The molecule has 1 aliphatic carbocycles. The Morgan fingerprint density at radius 2 is 1.89 bits per heavy atom. The van der Waals surface area contributed by atoms with E-state index in [0.29, 0.717) is 46.9 Å². The lowest BCUT2D eigenvalue weighted by molar-refractivity contribution is -0.183. The van der Waals surface area contributed by atoms with Gasteiger partial charge < -0.3 is 10.5 Å². The highest BCUT2D eigenvalue weighted by Gasteiger charge is 2.46. The zero-order valence-corrected chi connectivity index (χ0v) is 20.5. The van der Waals surface area contributed by atoms with Crippen molar-refractivity contribution < 1.29 is 22.3 Å². The molecule has 1 aliphatic heterocycles. The number of rotatable bonds is 6. The summed E-state index contributed by atoms with van der Waals surface area (Å²) in [5.41, 5.74) is 7.20. The van der Waals surface area contributed by atoms with Crippen LogP contribution in [-0.2, 0) is 0 Å². The van der Waals surface area contributed by atoms with Crippen molar-refractivity contribution in [3.8, 4) is 17.3 Å². The van der Waals surface area contributed by atoms with Gasteiger partial charge in [0.05, 0.1) is 6.61 Å². The van der Waals surface area contributed by atoms with Crippen LogP contribution in [-0.4, -0.2) is 56.4 Å². The van der Waals surface area contributed by atoms with Gasteiger partial charge in [0.1, 0.15) is 28.8 Å². The summed E-state index contributed by atoms with van der Waals surface area (Å²) in [5, 5.41) is 8.87. The van der Waals surface area contributed by atoms with Gasteiger partial charge in [-0.2, -0.15) is 13.2 Å². The van der Waals surface area contributed by atoms with Crippen LogP contribution in [0.5, 0.6) is 5.75 Å². The third-order valence-corrected chi connectivity index (χ3v) is 6.80. The van der Waals surface area contributed by atoms with E-state index in [1.54, 1.807) is 12.1 Å². The molecular weight excluding hydrogens is 512 g/mol. The van der Waals surface area contributed by atoms with Gasteiger partial charge in [-0.15, -0.1) is 22.6 Å². The van der Waals surface area contributed by atoms with Gasteiger partial charge in [0, 0.05) is 36.8 Å². The Morgan fingerprint density at radius 3 is 2.59 bits per heavy atom. The van der Waals surface area contributed by atoms with Gasteiger partial charge in [-0.05, 0) is 48.9 Å². The molecule has 3 aromatic heterocycles. The van der Waals surface area contributed by atoms with Crippen LogP contribution >= 0.6 is 12.4 Å². The van der Waals surface area contributed by atoms with Crippen molar-refractivity contribution in [2.45, 2.75) is 37.5 Å². The summed E-state index contributed by atoms with van der Waals surface area (Å²) in [6.45, 7) is 0.926. The van der Waals surface area contributed by atoms with Crippen molar-refractivity contribution in [3.05, 3.63) is 54.0 Å². The van der Waals surface area contributed by atoms with Crippen molar-refractivity contribution >= 4 is 29.0 Å². The molecule has 7 nitrogen and oxygen atoms in total. The van der Waals surface area contributed by atoms with Crippen LogP contribution in [0.25, 0.3) is 28.1 Å². The molecule has 0 radical (unpaired) electrons. The molecule has 196 valence electrons. The minimum atomic E-state index is -4.48. The Kier molecular flexibility index (Phi) is 6.71. The monoisotopic (exact) mass is 536 g/mol. The molecule has 37 heavy (non-hydrogen) atoms. The molecule has 1 aromatic carbocycles. The predicted molar refractivity (Wildman–Crippen MR) is 132 cm³/mol. The number of hydrogen-bond acceptors (Lipinski definition) is 6. The van der Waals surface area contributed by atoms with E-state index in [0.717, 1.165) is 12.8 Å². The van der Waals surface area contributed by atoms with Crippen LogP contribution < -0.4 is 10.5 Å². The Morgan fingerprint density at radius 1 is 1.08 bits per heavy atom. The maximum absolute atomic E-state index is 14.2. The Bertz CT molecular complexity index is 1440. The average molecular weight is 537 g/mol. The molecule has 0 spiro atoms. The number of nitrogens with zero attached hydrogens (tertiary/aromatic N) is 5. The van der Waals surface area contributed by atoms with Crippen LogP contribution in [0.4, 0.5) is 17.6 Å². The van der Waals surface area contributed by atoms with E-state index in [2.05, 4.69) is 15.2 Å². The van der Waals surface area contributed by atoms with Gasteiger partial charge in [-0.3, -0.25) is 9.30 Å². The summed E-state index contributed by atoms with van der Waals surface area (Å²) in [5.74, 6) is 0.651. The van der Waals surface area contributed by atoms with Crippen LogP contribution in [0, 0.1) is 11.7 Å². The lowest BCUT2D eigenvalue weighted by atomic mass is 10.1. The van der Waals surface area contributed by atoms with Crippen molar-refractivity contribution in [1.29, 1.82) is 0 Å². The zero-order valence-electron chi connectivity index (χ0n) is 19.7. The highest BCUT2D eigenvalue weighted by atomic mass is 35.5. The highest BCUT2D eigenvalue weighted by molar-refractivity contribution is 5.86. The lowest BCUT2D eigenvalue weighted by Crippen LogP contribution is -2.38. The molecule has 0 unspecified atom stereocenters. The van der Waals surface area contributed by atoms with E-state index in [-0.39, 0.29) is 42.9 Å². The van der Waals surface area contributed by atoms with E-state index in [1.807, 2.05) is 0 Å². The van der Waals surface area contributed by atoms with Gasteiger partial charge in [-0.25, -0.2) is 9.37 Å². The smallest absolute Gasteiger partial charge is 0.408 e. The number of alkyl halides is 3. The summed E-state index contributed by atoms with van der Waals surface area (Å²) in [4.78, 5) is 6.02. The number of pyridine rings is 2. The molecule has 0 bridgehead atoms. The molecular formula is C25H25ClF4N6O. The minimum Gasteiger partial charge on any atom is -0.491 e. The second-order valence-electron chi connectivity index (χ2n) is 9.63. The van der Waals surface area contributed by atoms with Crippen molar-refractivity contribution in [3.63, 3.8) is 0 Å². The average Bonchev–Trinajstić information content (AvgIpc) is 3.42. The Labute approximate surface area is 216 Å². The van der Waals surface area contributed by atoms with Crippen LogP contribution in [0.3, 0.4) is 0 Å². The number of ether oxygens (including phenoxy) is 1. The summed E-state index contributed by atoms with van der Waals surface area (Å²) >= 11 is 0. The standard InChI is InChI=1S/C25H24F4N6O.ClH/c26-17-9-15-3-5-19(31-22(15)20(10-17)36-13-14-1-2-14)24-33-32-21-6-4-16(11-35(21)24)23(25(27,28)29)34-8-7-18(30)12-34;/h3-6,9-11,14,18,23H,1-2,7-8,12-13,30H2;1H/t18-,23+;/m0./s1. The van der Waals surface area contributed by atoms with E-state index >= 15 is 0 Å². The number of halogens is 5. The topological polar surface area (TPSA) is 81.6 Å². The highest BCUT2D eigenvalue weighted by Crippen LogP contribution is 2.40. The molecule has 2 aliphatic rings. The number of nitrogens with two attached hydrogens (primary N) is 1. The van der Waals surface area contributed by atoms with Gasteiger partial charge in [0.15, 0.2) is 11.5 Å². The number of aromatic nitrogens is 4. The maximum Gasteiger partial charge on any atom is 0.408 e. The van der Waals surface area contributed by atoms with Crippen LogP contribution in [0.1, 0.15) is 30.9 Å².